The van der Waals surface area contributed by atoms with Gasteiger partial charge in [0, 0.05) is 54.5 Å². The number of carbonyl (C=O) groups excluding carboxylic acids is 3. The van der Waals surface area contributed by atoms with Crippen molar-refractivity contribution in [1.82, 2.24) is 20.9 Å². The number of carbonyl (C=O) groups is 3. The third-order valence-electron chi connectivity index (χ3n) is 5.79. The minimum absolute atomic E-state index is 0.0128. The average molecular weight is 791 g/mol. The number of aliphatic hydroxyl groups is 1. The summed E-state index contributed by atoms with van der Waals surface area (Å²) in [6, 6.07) is -1.35. The maximum absolute atomic E-state index is 12.4. The van der Waals surface area contributed by atoms with Gasteiger partial charge in [-0.25, -0.2) is 23.5 Å². The van der Waals surface area contributed by atoms with Crippen LogP contribution in [0.1, 0.15) is 19.8 Å². The third kappa shape index (κ3) is 16.4. The lowest BCUT2D eigenvalue weighted by Crippen LogP contribution is -2.47. The van der Waals surface area contributed by atoms with Crippen molar-refractivity contribution in [2.75, 3.05) is 37.1 Å². The molecule has 3 amide bonds. The van der Waals surface area contributed by atoms with Crippen LogP contribution in [0.3, 0.4) is 0 Å². The molecule has 0 bridgehead atoms. The normalized spacial score (nSPS) is 23.8. The number of rotatable bonds is 20. The monoisotopic (exact) mass is 790 g/mol. The number of amides is 3. The lowest BCUT2D eigenvalue weighted by atomic mass is 10.1. The van der Waals surface area contributed by atoms with Gasteiger partial charge < -0.3 is 60.8 Å². The molecule has 1 saturated heterocycles. The van der Waals surface area contributed by atoms with Crippen molar-refractivity contribution >= 4 is 81.7 Å². The van der Waals surface area contributed by atoms with Gasteiger partial charge in [-0.1, -0.05) is 21.6 Å². The molecule has 7 atom stereocenters. The molecule has 0 saturated carbocycles. The van der Waals surface area contributed by atoms with E-state index in [0.717, 1.165) is 0 Å². The van der Waals surface area contributed by atoms with E-state index in [1.54, 1.807) is 18.0 Å². The van der Waals surface area contributed by atoms with Crippen molar-refractivity contribution in [2.45, 2.75) is 50.3 Å². The summed E-state index contributed by atoms with van der Waals surface area (Å²) in [5.41, 5.74) is 6.40. The second kappa shape index (κ2) is 19.3. The van der Waals surface area contributed by atoms with E-state index in [-0.39, 0.29) is 49.6 Å². The number of nitrogens with zero attached hydrogens (tertiary/aromatic N) is 2. The molecule has 2 rings (SSSR count). The molecule has 47 heavy (non-hydrogen) atoms. The molecular weight excluding hydrogens is 753 g/mol. The predicted octanol–water partition coefficient (Wildman–Crippen LogP) is -0.607. The van der Waals surface area contributed by atoms with Crippen molar-refractivity contribution in [1.29, 1.82) is 0 Å². The summed E-state index contributed by atoms with van der Waals surface area (Å²) in [6.45, 7) is 1.01. The summed E-state index contributed by atoms with van der Waals surface area (Å²) in [5.74, 6) is 1.12. The summed E-state index contributed by atoms with van der Waals surface area (Å²) in [6.07, 6.45) is -0.985. The van der Waals surface area contributed by atoms with Crippen LogP contribution in [0.4, 0.5) is 4.79 Å². The molecule has 1 fully saturated rings. The Kier molecular flexibility index (Phi) is 17.2. The number of nitrogens with two attached hydrogens (primary N) is 1. The van der Waals surface area contributed by atoms with E-state index in [9.17, 15) is 43.0 Å². The summed E-state index contributed by atoms with van der Waals surface area (Å²) in [7, 11) is -13.8. The maximum Gasteiger partial charge on any atom is 0.490 e. The number of aliphatic hydroxyl groups excluding tert-OH is 1. The van der Waals surface area contributed by atoms with Crippen molar-refractivity contribution in [3.8, 4) is 0 Å². The Balaban J connectivity index is 1.75. The van der Waals surface area contributed by atoms with Gasteiger partial charge in [0.2, 0.25) is 5.91 Å². The summed E-state index contributed by atoms with van der Waals surface area (Å²) < 4.78 is 51.7. The molecule has 27 heteroatoms. The molecule has 0 aliphatic carbocycles. The Bertz CT molecular complexity index is 1310. The number of aliphatic imine (C=N–C) groups is 1. The van der Waals surface area contributed by atoms with Crippen LogP contribution in [0.5, 0.6) is 0 Å². The van der Waals surface area contributed by atoms with Gasteiger partial charge in [0.25, 0.3) is 0 Å². The Morgan fingerprint density at radius 2 is 1.91 bits per heavy atom. The minimum atomic E-state index is -5.70. The topological polar surface area (TPSA) is 318 Å². The molecule has 6 unspecified atom stereocenters. The van der Waals surface area contributed by atoms with Crippen LogP contribution in [0, 0.1) is 0 Å². The Morgan fingerprint density at radius 3 is 2.55 bits per heavy atom. The zero-order chi connectivity index (χ0) is 35.4. The number of urea groups is 1. The van der Waals surface area contributed by atoms with E-state index in [1.807, 2.05) is 0 Å². The van der Waals surface area contributed by atoms with Crippen LogP contribution in [0.15, 0.2) is 16.8 Å². The van der Waals surface area contributed by atoms with Crippen LogP contribution >= 0.6 is 57.7 Å². The number of phosphoric acid groups is 3. The van der Waals surface area contributed by atoms with Gasteiger partial charge in [0.1, 0.15) is 31.1 Å². The van der Waals surface area contributed by atoms with E-state index < -0.39 is 60.6 Å². The third-order valence-corrected chi connectivity index (χ3v) is 12.6. The van der Waals surface area contributed by atoms with Gasteiger partial charge in [-0.2, -0.15) is 21.3 Å². The van der Waals surface area contributed by atoms with Crippen LogP contribution in [0.2, 0.25) is 0 Å². The van der Waals surface area contributed by atoms with Gasteiger partial charge >= 0.3 is 29.5 Å². The summed E-state index contributed by atoms with van der Waals surface area (Å²) >= 11 is 3.97. The molecule has 0 spiro atoms. The first-order valence-corrected chi connectivity index (χ1v) is 21.0. The highest BCUT2D eigenvalue weighted by Crippen LogP contribution is 2.66. The van der Waals surface area contributed by atoms with Gasteiger partial charge in [0.15, 0.2) is 0 Å². The van der Waals surface area contributed by atoms with Crippen molar-refractivity contribution in [3.63, 3.8) is 0 Å². The number of thiol groups is 1. The van der Waals surface area contributed by atoms with Gasteiger partial charge in [-0.05, 0) is 6.92 Å². The highest BCUT2D eigenvalue weighted by molar-refractivity contribution is 8.76. The molecule has 0 radical (unpaired) electrons. The van der Waals surface area contributed by atoms with Gasteiger partial charge in [-0.3, -0.25) is 9.32 Å². The Morgan fingerprint density at radius 1 is 1.21 bits per heavy atom. The van der Waals surface area contributed by atoms with Crippen molar-refractivity contribution in [2.24, 2.45) is 10.7 Å². The highest BCUT2D eigenvalue weighted by atomic mass is 33.1. The van der Waals surface area contributed by atoms with Crippen molar-refractivity contribution in [3.05, 3.63) is 11.8 Å². The number of hydrogen-bond acceptors (Lipinski definition) is 17. The highest BCUT2D eigenvalue weighted by Gasteiger charge is 2.43. The van der Waals surface area contributed by atoms with E-state index in [2.05, 4.69) is 46.7 Å². The maximum atomic E-state index is 12.4. The molecular formula is C20H37N6O15P3S3. The van der Waals surface area contributed by atoms with Gasteiger partial charge in [0.05, 0.1) is 18.8 Å². The number of amidine groups is 1. The predicted molar refractivity (Wildman–Crippen MR) is 173 cm³/mol. The fourth-order valence-electron chi connectivity index (χ4n) is 3.64. The molecule has 2 heterocycles. The first kappa shape index (κ1) is 42.0. The lowest BCUT2D eigenvalue weighted by molar-refractivity contribution is -0.120. The zero-order valence-electron chi connectivity index (χ0n) is 24.6. The summed E-state index contributed by atoms with van der Waals surface area (Å²) in [5, 5.41) is 18.3. The fraction of sp³-hybridized carbons (Fsp3) is 0.700. The summed E-state index contributed by atoms with van der Waals surface area (Å²) in [4.78, 5) is 76.8. The first-order chi connectivity index (χ1) is 21.8. The number of aldehydes is 1. The number of nitrogens with one attached hydrogen (secondary N) is 3. The Labute approximate surface area is 282 Å². The quantitative estimate of drug-likeness (QED) is 0.0242. The second-order valence-corrected chi connectivity index (χ2v) is 17.2. The largest absolute Gasteiger partial charge is 0.490 e. The molecule has 0 aromatic heterocycles. The molecule has 2 aliphatic rings. The molecule has 2 aliphatic heterocycles. The van der Waals surface area contributed by atoms with E-state index in [4.69, 9.17) is 20.3 Å². The van der Waals surface area contributed by atoms with E-state index in [0.29, 0.717) is 23.4 Å². The second-order valence-electron chi connectivity index (χ2n) is 9.75. The van der Waals surface area contributed by atoms with E-state index >= 15 is 0 Å². The molecule has 21 nitrogen and oxygen atoms in total. The zero-order valence-corrected chi connectivity index (χ0v) is 29.8. The fourth-order valence-corrected chi connectivity index (χ4v) is 9.12. The Hall–Kier alpha value is -1.20. The van der Waals surface area contributed by atoms with Crippen molar-refractivity contribution < 1.29 is 70.6 Å². The molecule has 0 aromatic rings. The van der Waals surface area contributed by atoms with E-state index in [1.165, 1.54) is 21.6 Å². The minimum Gasteiger partial charge on any atom is -0.390 e. The molecule has 270 valence electrons. The number of hydrogen-bond donors (Lipinski definition) is 10. The van der Waals surface area contributed by atoms with Gasteiger partial charge in [-0.15, -0.1) is 0 Å². The van der Waals surface area contributed by atoms with Crippen LogP contribution in [-0.4, -0.2) is 121 Å². The van der Waals surface area contributed by atoms with Crippen LogP contribution in [-0.2, 0) is 41.2 Å². The number of phosphoric ester groups is 1. The standard InChI is InChI=1S/C20H37N6O15P3S3/c1-12(24-20(30)25-14(7-27)9-45)10-47-46-3-2-17(29)22-5-13-6-26(11-23-19(13)21)18-4-15(28)16(39-18)8-38-43(34,35)41-44(36,37)40-42(31,32)33/h6-7,12,14-16,18,28,45H,2-5,8-11H2,1H3,(H2,21,23)(H,22,29)(H,34,35)(H,36,37)(H2,24,25,30)(H2,31,32,33)/t12?,14-,15?,16?,18?/m1/s1. The molecule has 0 aromatic carbocycles. The van der Waals surface area contributed by atoms with Crippen LogP contribution in [0.25, 0.3) is 0 Å². The molecule has 10 N–H and O–H groups in total. The SMILES string of the molecule is CC(CSSCCC(=O)NCC1=CN(C2CC(O)C(COP(=O)(O)OP(=O)(O)OP(=O)(O)O)O2)CN=C1N)NC(=O)N[C@H](C=O)CS. The first-order valence-electron chi connectivity index (χ1n) is 13.4. The van der Waals surface area contributed by atoms with Crippen LogP contribution < -0.4 is 21.7 Å². The smallest absolute Gasteiger partial charge is 0.390 e. The number of ether oxygens (including phenoxy) is 1. The average Bonchev–Trinajstić information content (AvgIpc) is 3.32. The lowest BCUT2D eigenvalue weighted by Gasteiger charge is -2.29.